The number of carbonyl (C=O) groups is 3. The first kappa shape index (κ1) is 17.7. The molecule has 7 heteroatoms. The van der Waals surface area contributed by atoms with Crippen molar-refractivity contribution in [3.05, 3.63) is 59.4 Å². The third-order valence-electron chi connectivity index (χ3n) is 4.69. The zero-order chi connectivity index (χ0) is 18.7. The van der Waals surface area contributed by atoms with Crippen LogP contribution in [0.3, 0.4) is 0 Å². The fourth-order valence-electron chi connectivity index (χ4n) is 3.36. The van der Waals surface area contributed by atoms with E-state index in [-0.39, 0.29) is 24.3 Å². The van der Waals surface area contributed by atoms with E-state index >= 15 is 0 Å². The molecule has 0 saturated heterocycles. The van der Waals surface area contributed by atoms with Gasteiger partial charge in [-0.05, 0) is 29.7 Å². The third kappa shape index (κ3) is 3.61. The summed E-state index contributed by atoms with van der Waals surface area (Å²) in [4.78, 5) is 38.2. The minimum atomic E-state index is -0.390. The lowest BCUT2D eigenvalue weighted by Gasteiger charge is -2.36. The summed E-state index contributed by atoms with van der Waals surface area (Å²) < 4.78 is 1.66. The van der Waals surface area contributed by atoms with Gasteiger partial charge in [-0.2, -0.15) is 0 Å². The van der Waals surface area contributed by atoms with Crippen LogP contribution in [0, 0.1) is 0 Å². The van der Waals surface area contributed by atoms with Crippen LogP contribution in [0.2, 0.25) is 0 Å². The van der Waals surface area contributed by atoms with Gasteiger partial charge in [-0.1, -0.05) is 24.3 Å². The van der Waals surface area contributed by atoms with Crippen molar-refractivity contribution >= 4 is 17.7 Å². The predicted molar refractivity (Wildman–Crippen MR) is 95.9 cm³/mol. The van der Waals surface area contributed by atoms with E-state index in [2.05, 4.69) is 10.9 Å². The number of benzene rings is 1. The van der Waals surface area contributed by atoms with Gasteiger partial charge >= 0.3 is 0 Å². The first-order valence-corrected chi connectivity index (χ1v) is 8.53. The number of nitrogens with one attached hydrogen (secondary N) is 2. The van der Waals surface area contributed by atoms with Crippen molar-refractivity contribution in [2.24, 2.45) is 7.05 Å². The maximum Gasteiger partial charge on any atom is 0.286 e. The van der Waals surface area contributed by atoms with Crippen LogP contribution in [0.25, 0.3) is 0 Å². The molecule has 0 radical (unpaired) electrons. The molecule has 0 aliphatic carbocycles. The topological polar surface area (TPSA) is 83.4 Å². The lowest BCUT2D eigenvalue weighted by molar-refractivity contribution is -0.133. The molecule has 2 aromatic rings. The van der Waals surface area contributed by atoms with Crippen molar-refractivity contribution in [1.29, 1.82) is 0 Å². The van der Waals surface area contributed by atoms with Crippen LogP contribution in [0.5, 0.6) is 0 Å². The molecule has 1 aromatic heterocycles. The molecule has 0 bridgehead atoms. The molecule has 0 saturated carbocycles. The van der Waals surface area contributed by atoms with Gasteiger partial charge in [-0.3, -0.25) is 25.2 Å². The Kier molecular flexibility index (Phi) is 5.06. The number of fused-ring (bicyclic) bond motifs is 1. The molecule has 1 unspecified atom stereocenters. The lowest BCUT2D eigenvalue weighted by Crippen LogP contribution is -2.45. The number of hydrogen-bond acceptors (Lipinski definition) is 3. The van der Waals surface area contributed by atoms with E-state index in [9.17, 15) is 14.4 Å². The van der Waals surface area contributed by atoms with Gasteiger partial charge in [-0.15, -0.1) is 0 Å². The number of hydrogen-bond donors (Lipinski definition) is 2. The van der Waals surface area contributed by atoms with Crippen LogP contribution in [-0.2, 0) is 23.1 Å². The Bertz CT molecular complexity index is 843. The van der Waals surface area contributed by atoms with Crippen LogP contribution >= 0.6 is 0 Å². The zero-order valence-electron chi connectivity index (χ0n) is 14.9. The van der Waals surface area contributed by atoms with Gasteiger partial charge in [-0.25, -0.2) is 0 Å². The van der Waals surface area contributed by atoms with E-state index < -0.39 is 5.91 Å². The highest BCUT2D eigenvalue weighted by Gasteiger charge is 2.30. The summed E-state index contributed by atoms with van der Waals surface area (Å²) in [5.74, 6) is -0.802. The third-order valence-corrected chi connectivity index (χ3v) is 4.69. The van der Waals surface area contributed by atoms with Gasteiger partial charge in [0.05, 0.1) is 12.5 Å². The SMILES string of the molecule is CC(=O)N1CCc2ccccc2C1CC(=O)NNC(=O)c1cccn1C. The molecule has 0 fully saturated rings. The lowest BCUT2D eigenvalue weighted by atomic mass is 9.90. The molecule has 3 amide bonds. The Morgan fingerprint density at radius 2 is 1.88 bits per heavy atom. The van der Waals surface area contributed by atoms with Crippen molar-refractivity contribution in [1.82, 2.24) is 20.3 Å². The second-order valence-corrected chi connectivity index (χ2v) is 6.39. The molecule has 2 heterocycles. The van der Waals surface area contributed by atoms with Gasteiger partial charge in [0.25, 0.3) is 5.91 Å². The summed E-state index contributed by atoms with van der Waals surface area (Å²) in [5, 5.41) is 0. The largest absolute Gasteiger partial charge is 0.347 e. The Hall–Kier alpha value is -3.09. The van der Waals surface area contributed by atoms with Crippen LogP contribution < -0.4 is 10.9 Å². The molecule has 1 atom stereocenters. The van der Waals surface area contributed by atoms with Gasteiger partial charge < -0.3 is 9.47 Å². The number of hydrazine groups is 1. The molecule has 3 rings (SSSR count). The first-order valence-electron chi connectivity index (χ1n) is 8.53. The number of amides is 3. The Balaban J connectivity index is 1.68. The molecule has 1 aromatic carbocycles. The highest BCUT2D eigenvalue weighted by atomic mass is 16.2. The highest BCUT2D eigenvalue weighted by Crippen LogP contribution is 2.32. The summed E-state index contributed by atoms with van der Waals surface area (Å²) >= 11 is 0. The highest BCUT2D eigenvalue weighted by molar-refractivity contribution is 5.94. The maximum atomic E-state index is 12.4. The second-order valence-electron chi connectivity index (χ2n) is 6.39. The minimum Gasteiger partial charge on any atom is -0.347 e. The quantitative estimate of drug-likeness (QED) is 0.816. The van der Waals surface area contributed by atoms with Crippen LogP contribution in [0.15, 0.2) is 42.6 Å². The number of rotatable bonds is 3. The van der Waals surface area contributed by atoms with Crippen LogP contribution in [0.4, 0.5) is 0 Å². The summed E-state index contributed by atoms with van der Waals surface area (Å²) in [5.41, 5.74) is 7.44. The Morgan fingerprint density at radius 1 is 1.12 bits per heavy atom. The molecular weight excluding hydrogens is 332 g/mol. The molecule has 1 aliphatic rings. The van der Waals surface area contributed by atoms with Crippen LogP contribution in [-0.4, -0.2) is 33.7 Å². The molecular formula is C19H22N4O3. The molecule has 136 valence electrons. The fourth-order valence-corrected chi connectivity index (χ4v) is 3.36. The van der Waals surface area contributed by atoms with Crippen molar-refractivity contribution in [2.75, 3.05) is 6.54 Å². The van der Waals surface area contributed by atoms with Crippen molar-refractivity contribution in [3.63, 3.8) is 0 Å². The Labute approximate surface area is 152 Å². The second kappa shape index (κ2) is 7.43. The van der Waals surface area contributed by atoms with Gasteiger partial charge in [0, 0.05) is 26.7 Å². The predicted octanol–water partition coefficient (Wildman–Crippen LogP) is 1.32. The van der Waals surface area contributed by atoms with Crippen molar-refractivity contribution in [3.8, 4) is 0 Å². The average molecular weight is 354 g/mol. The molecule has 7 nitrogen and oxygen atoms in total. The van der Waals surface area contributed by atoms with E-state index in [1.54, 1.807) is 34.8 Å². The minimum absolute atomic E-state index is 0.0647. The van der Waals surface area contributed by atoms with Gasteiger partial charge in [0.2, 0.25) is 11.8 Å². The summed E-state index contributed by atoms with van der Waals surface area (Å²) in [7, 11) is 1.75. The van der Waals surface area contributed by atoms with Crippen molar-refractivity contribution < 1.29 is 14.4 Å². The van der Waals surface area contributed by atoms with Crippen LogP contribution in [0.1, 0.15) is 41.0 Å². The van der Waals surface area contributed by atoms with E-state index in [0.717, 1.165) is 17.5 Å². The molecule has 26 heavy (non-hydrogen) atoms. The van der Waals surface area contributed by atoms with E-state index in [1.807, 2.05) is 24.3 Å². The molecule has 2 N–H and O–H groups in total. The molecule has 1 aliphatic heterocycles. The first-order chi connectivity index (χ1) is 12.5. The fraction of sp³-hybridized carbons (Fsp3) is 0.316. The monoisotopic (exact) mass is 354 g/mol. The summed E-state index contributed by atoms with van der Waals surface area (Å²) in [6, 6.07) is 10.9. The normalized spacial score (nSPS) is 15.9. The number of aryl methyl sites for hydroxylation is 1. The summed E-state index contributed by atoms with van der Waals surface area (Å²) in [6.45, 7) is 2.09. The van der Waals surface area contributed by atoms with E-state index in [1.165, 1.54) is 6.92 Å². The molecule has 0 spiro atoms. The maximum absolute atomic E-state index is 12.4. The average Bonchev–Trinajstić information content (AvgIpc) is 3.05. The number of aromatic nitrogens is 1. The van der Waals surface area contributed by atoms with Crippen molar-refractivity contribution in [2.45, 2.75) is 25.8 Å². The Morgan fingerprint density at radius 3 is 2.58 bits per heavy atom. The van der Waals surface area contributed by atoms with E-state index in [4.69, 9.17) is 0 Å². The van der Waals surface area contributed by atoms with Gasteiger partial charge in [0.1, 0.15) is 5.69 Å². The summed E-state index contributed by atoms with van der Waals surface area (Å²) in [6.07, 6.45) is 2.61. The van der Waals surface area contributed by atoms with E-state index in [0.29, 0.717) is 12.2 Å². The standard InChI is InChI=1S/C19H22N4O3/c1-13(24)23-11-9-14-6-3-4-7-15(14)17(23)12-18(25)20-21-19(26)16-8-5-10-22(16)2/h3-8,10,17H,9,11-12H2,1-2H3,(H,20,25)(H,21,26). The zero-order valence-corrected chi connectivity index (χ0v) is 14.9. The van der Waals surface area contributed by atoms with Gasteiger partial charge in [0.15, 0.2) is 0 Å². The smallest absolute Gasteiger partial charge is 0.286 e. The number of carbonyl (C=O) groups excluding carboxylic acids is 3. The number of nitrogens with zero attached hydrogens (tertiary/aromatic N) is 2.